The van der Waals surface area contributed by atoms with Gasteiger partial charge in [0.25, 0.3) is 0 Å². The highest BCUT2D eigenvalue weighted by molar-refractivity contribution is 5.78. The number of phenols is 1. The fourth-order valence-corrected chi connectivity index (χ4v) is 3.49. The average Bonchev–Trinajstić information content (AvgIpc) is 2.60. The molecule has 0 aromatic heterocycles. The third-order valence-electron chi connectivity index (χ3n) is 5.10. The van der Waals surface area contributed by atoms with Crippen LogP contribution in [0.25, 0.3) is 11.1 Å². The number of rotatable bonds is 3. The molecule has 3 aromatic carbocycles. The van der Waals surface area contributed by atoms with Gasteiger partial charge in [0.2, 0.25) is 0 Å². The van der Waals surface area contributed by atoms with E-state index >= 15 is 0 Å². The molecule has 3 heteroatoms. The predicted molar refractivity (Wildman–Crippen MR) is 107 cm³/mol. The Morgan fingerprint density at radius 2 is 1.54 bits per heavy atom. The summed E-state index contributed by atoms with van der Waals surface area (Å²) in [6, 6.07) is 14.5. The van der Waals surface area contributed by atoms with Crippen LogP contribution in [0.4, 0.5) is 15.8 Å². The second-order valence-corrected chi connectivity index (χ2v) is 6.88. The zero-order valence-electron chi connectivity index (χ0n) is 15.9. The molecule has 0 aliphatic rings. The third kappa shape index (κ3) is 3.17. The minimum absolute atomic E-state index is 0.240. The van der Waals surface area contributed by atoms with Crippen LogP contribution in [0, 0.1) is 33.5 Å². The zero-order valence-corrected chi connectivity index (χ0v) is 15.9. The number of anilines is 2. The van der Waals surface area contributed by atoms with E-state index in [1.165, 1.54) is 6.07 Å². The summed E-state index contributed by atoms with van der Waals surface area (Å²) in [5, 5.41) is 10.1. The molecule has 1 N–H and O–H groups in total. The van der Waals surface area contributed by atoms with E-state index in [9.17, 15) is 9.50 Å². The van der Waals surface area contributed by atoms with Crippen LogP contribution in [0.2, 0.25) is 0 Å². The molecule has 0 saturated heterocycles. The van der Waals surface area contributed by atoms with Crippen molar-refractivity contribution in [2.24, 2.45) is 0 Å². The number of aryl methyl sites for hydroxylation is 2. The molecular weight excluding hydrogens is 325 g/mol. The molecule has 0 bridgehead atoms. The fraction of sp³-hybridized carbons (Fsp3) is 0.217. The molecule has 0 fully saturated rings. The van der Waals surface area contributed by atoms with Gasteiger partial charge in [-0.3, -0.25) is 0 Å². The second-order valence-electron chi connectivity index (χ2n) is 6.88. The molecule has 2 nitrogen and oxygen atoms in total. The van der Waals surface area contributed by atoms with E-state index < -0.39 is 0 Å². The summed E-state index contributed by atoms with van der Waals surface area (Å²) in [6.45, 7) is 8.12. The summed E-state index contributed by atoms with van der Waals surface area (Å²) in [5.74, 6) is 0.0448. The van der Waals surface area contributed by atoms with Crippen LogP contribution in [0.1, 0.15) is 22.3 Å². The molecule has 26 heavy (non-hydrogen) atoms. The summed E-state index contributed by atoms with van der Waals surface area (Å²) < 4.78 is 13.7. The van der Waals surface area contributed by atoms with E-state index in [1.807, 2.05) is 33.0 Å². The fourth-order valence-electron chi connectivity index (χ4n) is 3.49. The Labute approximate surface area is 154 Å². The number of aromatic hydroxyl groups is 1. The van der Waals surface area contributed by atoms with Crippen molar-refractivity contribution < 1.29 is 9.50 Å². The highest BCUT2D eigenvalue weighted by Crippen LogP contribution is 2.38. The lowest BCUT2D eigenvalue weighted by Crippen LogP contribution is -2.14. The lowest BCUT2D eigenvalue weighted by molar-refractivity contribution is 0.471. The summed E-state index contributed by atoms with van der Waals surface area (Å²) in [7, 11) is 2.01. The average molecular weight is 349 g/mol. The molecule has 0 unspecified atom stereocenters. The minimum atomic E-state index is -0.240. The number of halogens is 1. The molecule has 0 heterocycles. The van der Waals surface area contributed by atoms with Gasteiger partial charge in [-0.25, -0.2) is 4.39 Å². The zero-order chi connectivity index (χ0) is 19.0. The van der Waals surface area contributed by atoms with Crippen molar-refractivity contribution in [3.63, 3.8) is 0 Å². The normalized spacial score (nSPS) is 10.8. The maximum atomic E-state index is 13.7. The van der Waals surface area contributed by atoms with Gasteiger partial charge in [-0.2, -0.15) is 0 Å². The van der Waals surface area contributed by atoms with Crippen LogP contribution in [-0.4, -0.2) is 12.2 Å². The van der Waals surface area contributed by atoms with Gasteiger partial charge in [0.05, 0.1) is 5.69 Å². The molecule has 3 aromatic rings. The van der Waals surface area contributed by atoms with Gasteiger partial charge in [-0.1, -0.05) is 24.3 Å². The quantitative estimate of drug-likeness (QED) is 0.608. The van der Waals surface area contributed by atoms with Gasteiger partial charge in [0.1, 0.15) is 11.6 Å². The number of benzene rings is 3. The molecule has 0 atom stereocenters. The Morgan fingerprint density at radius 1 is 0.808 bits per heavy atom. The van der Waals surface area contributed by atoms with Crippen LogP contribution >= 0.6 is 0 Å². The van der Waals surface area contributed by atoms with E-state index in [0.717, 1.165) is 44.8 Å². The van der Waals surface area contributed by atoms with Crippen LogP contribution in [0.5, 0.6) is 5.75 Å². The highest BCUT2D eigenvalue weighted by Gasteiger charge is 2.16. The molecule has 0 aliphatic heterocycles. The Morgan fingerprint density at radius 3 is 2.23 bits per heavy atom. The van der Waals surface area contributed by atoms with Crippen molar-refractivity contribution >= 4 is 11.4 Å². The van der Waals surface area contributed by atoms with Crippen molar-refractivity contribution in [2.45, 2.75) is 27.7 Å². The first-order chi connectivity index (χ1) is 12.3. The number of hydrogen-bond acceptors (Lipinski definition) is 2. The van der Waals surface area contributed by atoms with Gasteiger partial charge in [0, 0.05) is 18.3 Å². The first-order valence-electron chi connectivity index (χ1n) is 8.69. The number of nitrogens with zero attached hydrogens (tertiary/aromatic N) is 1. The van der Waals surface area contributed by atoms with Gasteiger partial charge in [-0.15, -0.1) is 0 Å². The van der Waals surface area contributed by atoms with Gasteiger partial charge in [-0.05, 0) is 79.8 Å². The Hall–Kier alpha value is -2.81. The minimum Gasteiger partial charge on any atom is -0.508 e. The molecule has 0 aliphatic carbocycles. The van der Waals surface area contributed by atoms with Gasteiger partial charge >= 0.3 is 0 Å². The standard InChI is InChI=1S/C23H24FNO/c1-14-9-10-22(26)17(4)23(14)25(5)21-13-19(11-15(2)16(21)3)18-7-6-8-20(24)12-18/h6-13,26H,1-5H3. The largest absolute Gasteiger partial charge is 0.508 e. The van der Waals surface area contributed by atoms with Crippen molar-refractivity contribution in [1.29, 1.82) is 0 Å². The Bertz CT molecular complexity index is 978. The third-order valence-corrected chi connectivity index (χ3v) is 5.10. The van der Waals surface area contributed by atoms with Gasteiger partial charge in [0.15, 0.2) is 0 Å². The van der Waals surface area contributed by atoms with Gasteiger partial charge < -0.3 is 10.0 Å². The van der Waals surface area contributed by atoms with E-state index in [4.69, 9.17) is 0 Å². The first kappa shape index (κ1) is 18.0. The number of hydrogen-bond donors (Lipinski definition) is 1. The van der Waals surface area contributed by atoms with E-state index in [1.54, 1.807) is 18.2 Å². The highest BCUT2D eigenvalue weighted by atomic mass is 19.1. The molecule has 3 rings (SSSR count). The maximum absolute atomic E-state index is 13.7. The molecule has 0 saturated carbocycles. The predicted octanol–water partition coefficient (Wildman–Crippen LogP) is 6.20. The van der Waals surface area contributed by atoms with Crippen molar-refractivity contribution in [1.82, 2.24) is 0 Å². The second kappa shape index (κ2) is 6.83. The summed E-state index contributed by atoms with van der Waals surface area (Å²) in [5.41, 5.74) is 8.11. The molecule has 0 spiro atoms. The lowest BCUT2D eigenvalue weighted by Gasteiger charge is -2.27. The number of phenolic OH excluding ortho intramolecular Hbond substituents is 1. The van der Waals surface area contributed by atoms with Crippen molar-refractivity contribution in [2.75, 3.05) is 11.9 Å². The van der Waals surface area contributed by atoms with E-state index in [0.29, 0.717) is 0 Å². The van der Waals surface area contributed by atoms with Crippen molar-refractivity contribution in [3.05, 3.63) is 76.6 Å². The SMILES string of the molecule is Cc1cc(-c2cccc(F)c2)cc(N(C)c2c(C)ccc(O)c2C)c1C. The molecular formula is C23H24FNO. The van der Waals surface area contributed by atoms with E-state index in [2.05, 4.69) is 30.9 Å². The van der Waals surface area contributed by atoms with Crippen LogP contribution in [0.15, 0.2) is 48.5 Å². The smallest absolute Gasteiger partial charge is 0.123 e. The van der Waals surface area contributed by atoms with Crippen molar-refractivity contribution in [3.8, 4) is 16.9 Å². The summed E-state index contributed by atoms with van der Waals surface area (Å²) in [6.07, 6.45) is 0. The van der Waals surface area contributed by atoms with Crippen LogP contribution in [0.3, 0.4) is 0 Å². The monoisotopic (exact) mass is 349 g/mol. The first-order valence-corrected chi connectivity index (χ1v) is 8.69. The maximum Gasteiger partial charge on any atom is 0.123 e. The van der Waals surface area contributed by atoms with E-state index in [-0.39, 0.29) is 11.6 Å². The molecule has 0 radical (unpaired) electrons. The lowest BCUT2D eigenvalue weighted by atomic mass is 9.97. The van der Waals surface area contributed by atoms with Crippen LogP contribution in [-0.2, 0) is 0 Å². The molecule has 134 valence electrons. The summed E-state index contributed by atoms with van der Waals surface area (Å²) in [4.78, 5) is 2.11. The Balaban J connectivity index is 2.18. The molecule has 0 amide bonds. The Kier molecular flexibility index (Phi) is 4.73. The summed E-state index contributed by atoms with van der Waals surface area (Å²) >= 11 is 0. The topological polar surface area (TPSA) is 23.5 Å². The van der Waals surface area contributed by atoms with Crippen LogP contribution < -0.4 is 4.90 Å².